The van der Waals surface area contributed by atoms with Crippen LogP contribution in [-0.2, 0) is 42.6 Å². The van der Waals surface area contributed by atoms with Crippen molar-refractivity contribution < 1.29 is 42.6 Å². The van der Waals surface area contributed by atoms with Crippen LogP contribution in [0.25, 0.3) is 0 Å². The first-order valence-corrected chi connectivity index (χ1v) is 7.34. The second-order valence-corrected chi connectivity index (χ2v) is 4.62. The van der Waals surface area contributed by atoms with Crippen molar-refractivity contribution in [1.82, 2.24) is 0 Å². The molecule has 9 nitrogen and oxygen atoms in total. The zero-order valence-electron chi connectivity index (χ0n) is 15.0. The standard InChI is InChI=1S/C15H30O9/c1-13(6-20-9-16-2)24-15(8-22-11-18-4)14(23-12-19-5)7-21-10-17-3/h14-15H,1,6-12H2,2-5H3/t14-,15?/m0/s1. The fourth-order valence-corrected chi connectivity index (χ4v) is 1.62. The Morgan fingerprint density at radius 1 is 0.708 bits per heavy atom. The van der Waals surface area contributed by atoms with Crippen LogP contribution in [0.5, 0.6) is 0 Å². The summed E-state index contributed by atoms with van der Waals surface area (Å²) >= 11 is 0. The van der Waals surface area contributed by atoms with E-state index in [1.165, 1.54) is 28.4 Å². The fourth-order valence-electron chi connectivity index (χ4n) is 1.62. The summed E-state index contributed by atoms with van der Waals surface area (Å²) in [4.78, 5) is 0. The first-order valence-electron chi connectivity index (χ1n) is 7.34. The largest absolute Gasteiger partial charge is 0.488 e. The van der Waals surface area contributed by atoms with Crippen LogP contribution in [0, 0.1) is 0 Å². The van der Waals surface area contributed by atoms with Gasteiger partial charge in [0.1, 0.15) is 45.6 Å². The highest BCUT2D eigenvalue weighted by Gasteiger charge is 2.26. The van der Waals surface area contributed by atoms with E-state index in [9.17, 15) is 0 Å². The molecule has 0 fully saturated rings. The molecule has 0 spiro atoms. The van der Waals surface area contributed by atoms with Crippen LogP contribution in [0.2, 0.25) is 0 Å². The summed E-state index contributed by atoms with van der Waals surface area (Å²) in [6, 6.07) is 0. The van der Waals surface area contributed by atoms with Gasteiger partial charge in [0, 0.05) is 28.4 Å². The molecular weight excluding hydrogens is 324 g/mol. The Bertz CT molecular complexity index is 288. The molecule has 0 saturated heterocycles. The molecule has 0 aromatic heterocycles. The number of hydrogen-bond acceptors (Lipinski definition) is 9. The molecule has 0 heterocycles. The third-order valence-corrected chi connectivity index (χ3v) is 2.56. The van der Waals surface area contributed by atoms with Crippen molar-refractivity contribution in [2.24, 2.45) is 0 Å². The molecule has 0 aliphatic heterocycles. The highest BCUT2D eigenvalue weighted by molar-refractivity contribution is 4.86. The van der Waals surface area contributed by atoms with Gasteiger partial charge in [-0.25, -0.2) is 0 Å². The SMILES string of the molecule is C=C(COCOC)OC(COCOC)[C@H](COCOC)OCOC. The summed E-state index contributed by atoms with van der Waals surface area (Å²) in [7, 11) is 6.14. The summed E-state index contributed by atoms with van der Waals surface area (Å²) in [5.41, 5.74) is 0. The van der Waals surface area contributed by atoms with Crippen molar-refractivity contribution in [3.05, 3.63) is 12.3 Å². The lowest BCUT2D eigenvalue weighted by atomic mass is 10.2. The highest BCUT2D eigenvalue weighted by atomic mass is 16.7. The van der Waals surface area contributed by atoms with Gasteiger partial charge in [0.2, 0.25) is 0 Å². The normalized spacial score (nSPS) is 13.7. The van der Waals surface area contributed by atoms with Crippen molar-refractivity contribution in [2.45, 2.75) is 12.2 Å². The van der Waals surface area contributed by atoms with Crippen LogP contribution < -0.4 is 0 Å². The topological polar surface area (TPSA) is 83.1 Å². The van der Waals surface area contributed by atoms with Crippen molar-refractivity contribution in [3.8, 4) is 0 Å². The summed E-state index contributed by atoms with van der Waals surface area (Å²) in [5.74, 6) is 0.413. The molecule has 0 rings (SSSR count). The Morgan fingerprint density at radius 3 is 1.75 bits per heavy atom. The number of hydrogen-bond donors (Lipinski definition) is 0. The number of methoxy groups -OCH3 is 4. The summed E-state index contributed by atoms with van der Waals surface area (Å²) in [6.07, 6.45) is -0.957. The molecule has 1 unspecified atom stereocenters. The molecule has 0 aliphatic carbocycles. The van der Waals surface area contributed by atoms with Gasteiger partial charge < -0.3 is 42.6 Å². The maximum Gasteiger partial charge on any atom is 0.150 e. The highest BCUT2D eigenvalue weighted by Crippen LogP contribution is 2.12. The molecular formula is C15H30O9. The zero-order valence-corrected chi connectivity index (χ0v) is 15.0. The molecule has 0 N–H and O–H groups in total. The summed E-state index contributed by atoms with van der Waals surface area (Å²) in [6.45, 7) is 4.92. The second kappa shape index (κ2) is 17.1. The average Bonchev–Trinajstić information content (AvgIpc) is 2.57. The van der Waals surface area contributed by atoms with Crippen LogP contribution in [-0.4, -0.2) is 87.6 Å². The molecule has 24 heavy (non-hydrogen) atoms. The lowest BCUT2D eigenvalue weighted by Gasteiger charge is -2.28. The van der Waals surface area contributed by atoms with Gasteiger partial charge in [0.15, 0.2) is 6.10 Å². The maximum atomic E-state index is 5.78. The van der Waals surface area contributed by atoms with Gasteiger partial charge in [-0.1, -0.05) is 6.58 Å². The minimum absolute atomic E-state index is 0.0811. The van der Waals surface area contributed by atoms with Crippen molar-refractivity contribution >= 4 is 0 Å². The zero-order chi connectivity index (χ0) is 18.0. The van der Waals surface area contributed by atoms with Gasteiger partial charge in [0.25, 0.3) is 0 Å². The van der Waals surface area contributed by atoms with Gasteiger partial charge in [-0.2, -0.15) is 0 Å². The van der Waals surface area contributed by atoms with Crippen molar-refractivity contribution in [1.29, 1.82) is 0 Å². The Kier molecular flexibility index (Phi) is 16.5. The maximum absolute atomic E-state index is 5.78. The predicted octanol–water partition coefficient (Wildman–Crippen LogP) is 0.736. The lowest BCUT2D eigenvalue weighted by molar-refractivity contribution is -0.175. The third-order valence-electron chi connectivity index (χ3n) is 2.56. The summed E-state index contributed by atoms with van der Waals surface area (Å²) < 4.78 is 46.8. The Hall–Kier alpha value is -0.780. The van der Waals surface area contributed by atoms with Gasteiger partial charge in [-0.3, -0.25) is 0 Å². The van der Waals surface area contributed by atoms with E-state index in [0.717, 1.165) is 0 Å². The van der Waals surface area contributed by atoms with E-state index in [2.05, 4.69) is 6.58 Å². The van der Waals surface area contributed by atoms with Crippen molar-refractivity contribution in [2.75, 3.05) is 75.4 Å². The monoisotopic (exact) mass is 354 g/mol. The molecule has 0 radical (unpaired) electrons. The smallest absolute Gasteiger partial charge is 0.150 e. The molecule has 144 valence electrons. The van der Waals surface area contributed by atoms with E-state index in [-0.39, 0.29) is 47.0 Å². The van der Waals surface area contributed by atoms with Crippen molar-refractivity contribution in [3.63, 3.8) is 0 Å². The number of rotatable bonds is 18. The second-order valence-electron chi connectivity index (χ2n) is 4.62. The van der Waals surface area contributed by atoms with Gasteiger partial charge in [0.05, 0.1) is 13.2 Å². The quantitative estimate of drug-likeness (QED) is 0.201. The molecule has 0 aliphatic rings. The Balaban J connectivity index is 4.62. The van der Waals surface area contributed by atoms with E-state index in [0.29, 0.717) is 5.76 Å². The molecule has 0 amide bonds. The molecule has 0 aromatic carbocycles. The fraction of sp³-hybridized carbons (Fsp3) is 0.867. The molecule has 0 aromatic rings. The average molecular weight is 354 g/mol. The van der Waals surface area contributed by atoms with Crippen LogP contribution in [0.4, 0.5) is 0 Å². The molecule has 0 saturated carbocycles. The lowest BCUT2D eigenvalue weighted by Crippen LogP contribution is -2.40. The number of ether oxygens (including phenoxy) is 9. The van der Waals surface area contributed by atoms with Crippen LogP contribution in [0.1, 0.15) is 0 Å². The van der Waals surface area contributed by atoms with Crippen LogP contribution in [0.15, 0.2) is 12.3 Å². The van der Waals surface area contributed by atoms with E-state index in [4.69, 9.17) is 42.6 Å². The van der Waals surface area contributed by atoms with E-state index in [1.807, 2.05) is 0 Å². The Morgan fingerprint density at radius 2 is 1.21 bits per heavy atom. The van der Waals surface area contributed by atoms with E-state index < -0.39 is 12.2 Å². The minimum Gasteiger partial charge on any atom is -0.488 e. The molecule has 0 bridgehead atoms. The molecule has 9 heteroatoms. The van der Waals surface area contributed by atoms with Crippen LogP contribution >= 0.6 is 0 Å². The van der Waals surface area contributed by atoms with Crippen LogP contribution in [0.3, 0.4) is 0 Å². The minimum atomic E-state index is -0.495. The van der Waals surface area contributed by atoms with Gasteiger partial charge in [-0.15, -0.1) is 0 Å². The van der Waals surface area contributed by atoms with E-state index in [1.54, 1.807) is 0 Å². The van der Waals surface area contributed by atoms with Gasteiger partial charge in [-0.05, 0) is 0 Å². The van der Waals surface area contributed by atoms with E-state index >= 15 is 0 Å². The summed E-state index contributed by atoms with van der Waals surface area (Å²) in [5, 5.41) is 0. The third kappa shape index (κ3) is 12.6. The Labute approximate surface area is 143 Å². The molecule has 2 atom stereocenters. The first-order chi connectivity index (χ1) is 11.7. The predicted molar refractivity (Wildman–Crippen MR) is 84.2 cm³/mol. The van der Waals surface area contributed by atoms with Gasteiger partial charge >= 0.3 is 0 Å². The first kappa shape index (κ1) is 23.2.